The standard InChI is InChI=1S/C12H15BrFN3O3S/c13-8-5-9(14)10(15)6-11(8)21(19,20)17-4-3-16-12(18)7-1-2-7/h5-7,17H,1-4,15H2,(H,16,18). The second-order valence-electron chi connectivity index (χ2n) is 4.77. The topological polar surface area (TPSA) is 101 Å². The molecule has 0 aromatic heterocycles. The van der Waals surface area contributed by atoms with Gasteiger partial charge in [-0.15, -0.1) is 0 Å². The molecule has 21 heavy (non-hydrogen) atoms. The molecular formula is C12H15BrFN3O3S. The molecule has 0 spiro atoms. The lowest BCUT2D eigenvalue weighted by Crippen LogP contribution is -2.35. The van der Waals surface area contributed by atoms with E-state index in [0.29, 0.717) is 0 Å². The predicted molar refractivity (Wildman–Crippen MR) is 79.4 cm³/mol. The molecule has 1 fully saturated rings. The lowest BCUT2D eigenvalue weighted by molar-refractivity contribution is -0.122. The molecule has 1 aliphatic rings. The molecule has 1 aromatic rings. The van der Waals surface area contributed by atoms with Crippen molar-refractivity contribution in [3.05, 3.63) is 22.4 Å². The summed E-state index contributed by atoms with van der Waals surface area (Å²) < 4.78 is 39.8. The highest BCUT2D eigenvalue weighted by Crippen LogP contribution is 2.28. The van der Waals surface area contributed by atoms with Crippen LogP contribution in [0.25, 0.3) is 0 Å². The number of carbonyl (C=O) groups is 1. The van der Waals surface area contributed by atoms with E-state index in [2.05, 4.69) is 26.0 Å². The van der Waals surface area contributed by atoms with E-state index in [1.165, 1.54) is 0 Å². The van der Waals surface area contributed by atoms with Crippen molar-refractivity contribution >= 4 is 37.5 Å². The number of nitrogens with two attached hydrogens (primary N) is 1. The zero-order valence-corrected chi connectivity index (χ0v) is 13.4. The molecule has 1 aromatic carbocycles. The first-order valence-corrected chi connectivity index (χ1v) is 8.61. The zero-order valence-electron chi connectivity index (χ0n) is 11.0. The van der Waals surface area contributed by atoms with Crippen molar-refractivity contribution in [2.24, 2.45) is 5.92 Å². The fourth-order valence-electron chi connectivity index (χ4n) is 1.69. The highest BCUT2D eigenvalue weighted by atomic mass is 79.9. The molecule has 116 valence electrons. The van der Waals surface area contributed by atoms with Crippen molar-refractivity contribution in [2.45, 2.75) is 17.7 Å². The second kappa shape index (κ2) is 6.29. The molecule has 1 saturated carbocycles. The second-order valence-corrected chi connectivity index (χ2v) is 7.36. The molecule has 1 aliphatic carbocycles. The van der Waals surface area contributed by atoms with Gasteiger partial charge in [0.1, 0.15) is 5.82 Å². The summed E-state index contributed by atoms with van der Waals surface area (Å²) in [6.45, 7) is 0.243. The molecule has 0 bridgehead atoms. The Kier molecular flexibility index (Phi) is 4.84. The minimum Gasteiger partial charge on any atom is -0.396 e. The van der Waals surface area contributed by atoms with Gasteiger partial charge in [0.15, 0.2) is 0 Å². The molecule has 0 radical (unpaired) electrons. The van der Waals surface area contributed by atoms with Crippen molar-refractivity contribution < 1.29 is 17.6 Å². The average Bonchev–Trinajstić information content (AvgIpc) is 3.23. The van der Waals surface area contributed by atoms with Gasteiger partial charge in [0.05, 0.1) is 10.6 Å². The molecule has 0 saturated heterocycles. The highest BCUT2D eigenvalue weighted by molar-refractivity contribution is 9.10. The van der Waals surface area contributed by atoms with Gasteiger partial charge in [-0.1, -0.05) is 0 Å². The highest BCUT2D eigenvalue weighted by Gasteiger charge is 2.29. The predicted octanol–water partition coefficient (Wildman–Crippen LogP) is 0.975. The van der Waals surface area contributed by atoms with Gasteiger partial charge in [-0.25, -0.2) is 17.5 Å². The van der Waals surface area contributed by atoms with Crippen molar-refractivity contribution in [1.29, 1.82) is 0 Å². The number of sulfonamides is 1. The van der Waals surface area contributed by atoms with E-state index in [0.717, 1.165) is 25.0 Å². The van der Waals surface area contributed by atoms with Crippen LogP contribution in [0.4, 0.5) is 10.1 Å². The first-order chi connectivity index (χ1) is 9.81. The van der Waals surface area contributed by atoms with Gasteiger partial charge in [-0.3, -0.25) is 4.79 Å². The van der Waals surface area contributed by atoms with Gasteiger partial charge in [-0.05, 0) is 40.9 Å². The van der Waals surface area contributed by atoms with Gasteiger partial charge in [0.25, 0.3) is 0 Å². The van der Waals surface area contributed by atoms with Crippen molar-refractivity contribution in [3.63, 3.8) is 0 Å². The maximum absolute atomic E-state index is 13.2. The smallest absolute Gasteiger partial charge is 0.241 e. The number of rotatable bonds is 6. The Balaban J connectivity index is 1.95. The normalized spacial score (nSPS) is 15.0. The number of nitrogen functional groups attached to an aromatic ring is 1. The van der Waals surface area contributed by atoms with Crippen LogP contribution in [0.5, 0.6) is 0 Å². The van der Waals surface area contributed by atoms with Crippen LogP contribution in [0, 0.1) is 11.7 Å². The molecule has 4 N–H and O–H groups in total. The van der Waals surface area contributed by atoms with E-state index in [1.54, 1.807) is 0 Å². The number of benzene rings is 1. The van der Waals surface area contributed by atoms with Crippen LogP contribution >= 0.6 is 15.9 Å². The summed E-state index contributed by atoms with van der Waals surface area (Å²) in [7, 11) is -3.83. The van der Waals surface area contributed by atoms with Gasteiger partial charge in [0, 0.05) is 23.5 Å². The number of nitrogens with one attached hydrogen (secondary N) is 2. The molecule has 0 aliphatic heterocycles. The van der Waals surface area contributed by atoms with E-state index in [-0.39, 0.29) is 40.0 Å². The summed E-state index contributed by atoms with van der Waals surface area (Å²) in [6.07, 6.45) is 1.78. The van der Waals surface area contributed by atoms with Crippen LogP contribution in [-0.2, 0) is 14.8 Å². The fourth-order valence-corrected chi connectivity index (χ4v) is 3.77. The van der Waals surface area contributed by atoms with Gasteiger partial charge < -0.3 is 11.1 Å². The van der Waals surface area contributed by atoms with E-state index in [1.807, 2.05) is 0 Å². The Labute approximate surface area is 130 Å². The molecule has 0 atom stereocenters. The van der Waals surface area contributed by atoms with Crippen LogP contribution in [0.3, 0.4) is 0 Å². The lowest BCUT2D eigenvalue weighted by atomic mass is 10.3. The van der Waals surface area contributed by atoms with Crippen LogP contribution in [0.2, 0.25) is 0 Å². The Morgan fingerprint density at radius 1 is 1.38 bits per heavy atom. The van der Waals surface area contributed by atoms with Gasteiger partial charge in [-0.2, -0.15) is 0 Å². The van der Waals surface area contributed by atoms with Crippen molar-refractivity contribution in [2.75, 3.05) is 18.8 Å². The summed E-state index contributed by atoms with van der Waals surface area (Å²) in [5, 5.41) is 2.64. The van der Waals surface area contributed by atoms with Crippen molar-refractivity contribution in [1.82, 2.24) is 10.0 Å². The summed E-state index contributed by atoms with van der Waals surface area (Å²) >= 11 is 2.99. The number of hydrogen-bond donors (Lipinski definition) is 3. The molecule has 2 rings (SSSR count). The Hall–Kier alpha value is -1.19. The Morgan fingerprint density at radius 2 is 2.05 bits per heavy atom. The minimum atomic E-state index is -3.83. The van der Waals surface area contributed by atoms with Gasteiger partial charge >= 0.3 is 0 Å². The Bertz CT molecular complexity index is 662. The third-order valence-electron chi connectivity index (χ3n) is 3.01. The summed E-state index contributed by atoms with van der Waals surface area (Å²) in [5.41, 5.74) is 5.13. The number of carbonyl (C=O) groups excluding carboxylic acids is 1. The summed E-state index contributed by atoms with van der Waals surface area (Å²) in [4.78, 5) is 11.2. The fraction of sp³-hybridized carbons (Fsp3) is 0.417. The van der Waals surface area contributed by atoms with E-state index >= 15 is 0 Å². The number of hydrogen-bond acceptors (Lipinski definition) is 4. The van der Waals surface area contributed by atoms with E-state index in [4.69, 9.17) is 5.73 Å². The van der Waals surface area contributed by atoms with E-state index in [9.17, 15) is 17.6 Å². The molecule has 6 nitrogen and oxygen atoms in total. The van der Waals surface area contributed by atoms with E-state index < -0.39 is 15.8 Å². The molecule has 0 unspecified atom stereocenters. The first kappa shape index (κ1) is 16.2. The average molecular weight is 380 g/mol. The zero-order chi connectivity index (χ0) is 15.6. The van der Waals surface area contributed by atoms with Crippen LogP contribution in [-0.4, -0.2) is 27.4 Å². The third-order valence-corrected chi connectivity index (χ3v) is 5.42. The minimum absolute atomic E-state index is 0.0461. The first-order valence-electron chi connectivity index (χ1n) is 6.33. The molecule has 9 heteroatoms. The maximum atomic E-state index is 13.2. The largest absolute Gasteiger partial charge is 0.396 e. The maximum Gasteiger partial charge on any atom is 0.241 e. The summed E-state index contributed by atoms with van der Waals surface area (Å²) in [5.74, 6) is -0.674. The molecular weight excluding hydrogens is 365 g/mol. The monoisotopic (exact) mass is 379 g/mol. The Morgan fingerprint density at radius 3 is 2.67 bits per heavy atom. The molecule has 1 amide bonds. The summed E-state index contributed by atoms with van der Waals surface area (Å²) in [6, 6.07) is 2.04. The molecule has 0 heterocycles. The lowest BCUT2D eigenvalue weighted by Gasteiger charge is -2.10. The third kappa shape index (κ3) is 4.14. The number of amides is 1. The van der Waals surface area contributed by atoms with Gasteiger partial charge in [0.2, 0.25) is 15.9 Å². The van der Waals surface area contributed by atoms with Crippen molar-refractivity contribution in [3.8, 4) is 0 Å². The number of halogens is 2. The quantitative estimate of drug-likeness (QED) is 0.506. The van der Waals surface area contributed by atoms with Crippen LogP contribution < -0.4 is 15.8 Å². The SMILES string of the molecule is Nc1cc(S(=O)(=O)NCCNC(=O)C2CC2)c(Br)cc1F. The van der Waals surface area contributed by atoms with Crippen LogP contribution in [0.1, 0.15) is 12.8 Å². The number of anilines is 1. The van der Waals surface area contributed by atoms with Crippen LogP contribution in [0.15, 0.2) is 21.5 Å².